The zero-order valence-electron chi connectivity index (χ0n) is 18.0. The highest BCUT2D eigenvalue weighted by Crippen LogP contribution is 2.45. The highest BCUT2D eigenvalue weighted by atomic mass is 32.2. The largest absolute Gasteiger partial charge is 0.377 e. The van der Waals surface area contributed by atoms with Gasteiger partial charge in [-0.3, -0.25) is 4.79 Å². The van der Waals surface area contributed by atoms with Gasteiger partial charge in [-0.05, 0) is 50.3 Å². The van der Waals surface area contributed by atoms with Crippen molar-refractivity contribution in [1.82, 2.24) is 4.31 Å². The SMILES string of the molecule is CCC1(CC)CC(CCOCc2ccccc2)N(S(=O)(=O)c2ccc(C)cc2)C1=O. The zero-order valence-corrected chi connectivity index (χ0v) is 18.8. The number of ether oxygens (including phenoxy) is 1. The van der Waals surface area contributed by atoms with Crippen LogP contribution in [-0.2, 0) is 26.2 Å². The molecule has 5 nitrogen and oxygen atoms in total. The van der Waals surface area contributed by atoms with Crippen LogP contribution >= 0.6 is 0 Å². The monoisotopic (exact) mass is 429 g/mol. The Hall–Kier alpha value is -2.18. The summed E-state index contributed by atoms with van der Waals surface area (Å²) < 4.78 is 33.8. The van der Waals surface area contributed by atoms with Crippen LogP contribution in [0.25, 0.3) is 0 Å². The number of carbonyl (C=O) groups excluding carboxylic acids is 1. The molecule has 162 valence electrons. The molecular formula is C24H31NO4S. The fraction of sp³-hybridized carbons (Fsp3) is 0.458. The lowest BCUT2D eigenvalue weighted by molar-refractivity contribution is -0.132. The molecule has 1 amide bonds. The molecule has 6 heteroatoms. The molecule has 3 rings (SSSR count). The molecule has 1 aliphatic heterocycles. The van der Waals surface area contributed by atoms with Gasteiger partial charge in [-0.2, -0.15) is 0 Å². The van der Waals surface area contributed by atoms with Crippen LogP contribution in [0.4, 0.5) is 0 Å². The molecular weight excluding hydrogens is 398 g/mol. The van der Waals surface area contributed by atoms with Crippen molar-refractivity contribution in [1.29, 1.82) is 0 Å². The van der Waals surface area contributed by atoms with E-state index in [1.54, 1.807) is 24.3 Å². The molecule has 1 unspecified atom stereocenters. The molecule has 1 fully saturated rings. The van der Waals surface area contributed by atoms with E-state index < -0.39 is 15.4 Å². The van der Waals surface area contributed by atoms with Crippen molar-refractivity contribution in [3.8, 4) is 0 Å². The Morgan fingerprint density at radius 1 is 1.03 bits per heavy atom. The van der Waals surface area contributed by atoms with Crippen LogP contribution in [-0.4, -0.2) is 31.3 Å². The minimum absolute atomic E-state index is 0.166. The van der Waals surface area contributed by atoms with Crippen LogP contribution in [0, 0.1) is 12.3 Å². The molecule has 0 saturated carbocycles. The normalized spacial score (nSPS) is 18.7. The highest BCUT2D eigenvalue weighted by Gasteiger charge is 2.53. The van der Waals surface area contributed by atoms with Crippen LogP contribution in [0.1, 0.15) is 50.7 Å². The van der Waals surface area contributed by atoms with Crippen molar-refractivity contribution < 1.29 is 17.9 Å². The lowest BCUT2D eigenvalue weighted by Gasteiger charge is -2.26. The first kappa shape index (κ1) is 22.5. The number of rotatable bonds is 9. The summed E-state index contributed by atoms with van der Waals surface area (Å²) in [4.78, 5) is 13.5. The first-order valence-corrected chi connectivity index (χ1v) is 12.1. The van der Waals surface area contributed by atoms with Gasteiger partial charge in [0.2, 0.25) is 5.91 Å². The molecule has 0 radical (unpaired) electrons. The third-order valence-corrected chi connectivity index (χ3v) is 8.10. The second kappa shape index (κ2) is 9.31. The van der Waals surface area contributed by atoms with Crippen molar-refractivity contribution in [3.63, 3.8) is 0 Å². The van der Waals surface area contributed by atoms with Gasteiger partial charge in [0, 0.05) is 6.61 Å². The molecule has 2 aromatic carbocycles. The van der Waals surface area contributed by atoms with E-state index in [0.717, 1.165) is 15.4 Å². The number of aryl methyl sites for hydroxylation is 1. The van der Waals surface area contributed by atoms with Crippen molar-refractivity contribution in [2.75, 3.05) is 6.61 Å². The smallest absolute Gasteiger partial charge is 0.266 e. The number of carbonyl (C=O) groups is 1. The maximum atomic E-state index is 13.4. The average Bonchev–Trinajstić information content (AvgIpc) is 3.05. The van der Waals surface area contributed by atoms with E-state index >= 15 is 0 Å². The third-order valence-electron chi connectivity index (χ3n) is 6.25. The van der Waals surface area contributed by atoms with E-state index in [1.807, 2.05) is 51.1 Å². The number of hydrogen-bond acceptors (Lipinski definition) is 4. The maximum absolute atomic E-state index is 13.4. The second-order valence-corrected chi connectivity index (χ2v) is 9.91. The fourth-order valence-corrected chi connectivity index (χ4v) is 5.89. The van der Waals surface area contributed by atoms with E-state index in [2.05, 4.69) is 0 Å². The Morgan fingerprint density at radius 2 is 1.67 bits per heavy atom. The van der Waals surface area contributed by atoms with Crippen LogP contribution in [0.2, 0.25) is 0 Å². The summed E-state index contributed by atoms with van der Waals surface area (Å²) in [5, 5.41) is 0. The lowest BCUT2D eigenvalue weighted by atomic mass is 9.79. The van der Waals surface area contributed by atoms with Gasteiger partial charge in [0.25, 0.3) is 10.0 Å². The van der Waals surface area contributed by atoms with Crippen molar-refractivity contribution in [3.05, 3.63) is 65.7 Å². The average molecular weight is 430 g/mol. The van der Waals surface area contributed by atoms with Crippen molar-refractivity contribution in [2.24, 2.45) is 5.41 Å². The third kappa shape index (κ3) is 4.44. The maximum Gasteiger partial charge on any atom is 0.266 e. The summed E-state index contributed by atoms with van der Waals surface area (Å²) in [5.74, 6) is -0.277. The van der Waals surface area contributed by atoms with Crippen LogP contribution in [0.15, 0.2) is 59.5 Å². The van der Waals surface area contributed by atoms with E-state index in [-0.39, 0.29) is 16.8 Å². The molecule has 1 aliphatic rings. The summed E-state index contributed by atoms with van der Waals surface area (Å²) in [5.41, 5.74) is 1.42. The van der Waals surface area contributed by atoms with E-state index in [9.17, 15) is 13.2 Å². The first-order chi connectivity index (χ1) is 14.3. The molecule has 0 bridgehead atoms. The molecule has 1 heterocycles. The Kier molecular flexibility index (Phi) is 6.98. The van der Waals surface area contributed by atoms with Gasteiger partial charge in [0.15, 0.2) is 0 Å². The number of hydrogen-bond donors (Lipinski definition) is 0. The minimum atomic E-state index is -3.91. The van der Waals surface area contributed by atoms with Crippen LogP contribution < -0.4 is 0 Å². The zero-order chi connectivity index (χ0) is 21.8. The Bertz CT molecular complexity index is 950. The minimum Gasteiger partial charge on any atom is -0.377 e. The Labute approximate surface area is 180 Å². The summed E-state index contributed by atoms with van der Waals surface area (Å²) >= 11 is 0. The summed E-state index contributed by atoms with van der Waals surface area (Å²) in [6, 6.07) is 16.2. The predicted octanol–water partition coefficient (Wildman–Crippen LogP) is 4.70. The Balaban J connectivity index is 1.79. The number of nitrogens with zero attached hydrogens (tertiary/aromatic N) is 1. The van der Waals surface area contributed by atoms with Crippen LogP contribution in [0.3, 0.4) is 0 Å². The molecule has 0 N–H and O–H groups in total. The predicted molar refractivity (Wildman–Crippen MR) is 117 cm³/mol. The first-order valence-electron chi connectivity index (χ1n) is 10.6. The van der Waals surface area contributed by atoms with Gasteiger partial charge in [-0.1, -0.05) is 61.9 Å². The van der Waals surface area contributed by atoms with Crippen molar-refractivity contribution in [2.45, 2.75) is 64.0 Å². The van der Waals surface area contributed by atoms with E-state index in [1.165, 1.54) is 0 Å². The van der Waals surface area contributed by atoms with Crippen molar-refractivity contribution >= 4 is 15.9 Å². The number of benzene rings is 2. The number of sulfonamides is 1. The van der Waals surface area contributed by atoms with Gasteiger partial charge < -0.3 is 4.74 Å². The van der Waals surface area contributed by atoms with Gasteiger partial charge >= 0.3 is 0 Å². The van der Waals surface area contributed by atoms with E-state index in [0.29, 0.717) is 38.9 Å². The van der Waals surface area contributed by atoms with Gasteiger partial charge in [0.05, 0.1) is 23.0 Å². The summed E-state index contributed by atoms with van der Waals surface area (Å²) in [6.45, 7) is 6.71. The molecule has 0 aromatic heterocycles. The van der Waals surface area contributed by atoms with Crippen LogP contribution in [0.5, 0.6) is 0 Å². The topological polar surface area (TPSA) is 63.7 Å². The standard InChI is InChI=1S/C24H31NO4S/c1-4-24(5-2)17-21(15-16-29-18-20-9-7-6-8-10-20)25(23(24)26)30(27,28)22-13-11-19(3)12-14-22/h6-14,21H,4-5,15-18H2,1-3H3. The lowest BCUT2D eigenvalue weighted by Crippen LogP contribution is -2.41. The molecule has 2 aromatic rings. The molecule has 30 heavy (non-hydrogen) atoms. The molecule has 1 saturated heterocycles. The van der Waals surface area contributed by atoms with Gasteiger partial charge in [-0.15, -0.1) is 0 Å². The molecule has 0 aliphatic carbocycles. The fourth-order valence-electron chi connectivity index (χ4n) is 4.19. The highest BCUT2D eigenvalue weighted by molar-refractivity contribution is 7.89. The summed E-state index contributed by atoms with van der Waals surface area (Å²) in [6.07, 6.45) is 2.29. The summed E-state index contributed by atoms with van der Waals surface area (Å²) in [7, 11) is -3.91. The quantitative estimate of drug-likeness (QED) is 0.542. The molecule has 1 atom stereocenters. The Morgan fingerprint density at radius 3 is 2.27 bits per heavy atom. The molecule has 0 spiro atoms. The number of amides is 1. The van der Waals surface area contributed by atoms with Gasteiger partial charge in [-0.25, -0.2) is 12.7 Å². The van der Waals surface area contributed by atoms with E-state index in [4.69, 9.17) is 4.74 Å². The second-order valence-electron chi connectivity index (χ2n) is 8.09. The van der Waals surface area contributed by atoms with Gasteiger partial charge in [0.1, 0.15) is 0 Å².